The molecule has 3 heterocycles. The number of anilines is 1. The quantitative estimate of drug-likeness (QED) is 0.0978. The Morgan fingerprint density at radius 2 is 1.42 bits per heavy atom. The molecule has 13 nitrogen and oxygen atoms in total. The van der Waals surface area contributed by atoms with Crippen molar-refractivity contribution < 1.29 is 96.3 Å². The zero-order valence-electron chi connectivity index (χ0n) is 30.1. The van der Waals surface area contributed by atoms with E-state index in [2.05, 4.69) is 10.2 Å². The summed E-state index contributed by atoms with van der Waals surface area (Å²) < 4.78 is 72.9. The second kappa shape index (κ2) is 15.9. The van der Waals surface area contributed by atoms with E-state index in [-0.39, 0.29) is 86.6 Å². The average molecular weight is 777 g/mol. The van der Waals surface area contributed by atoms with Crippen molar-refractivity contribution in [2.45, 2.75) is 74.0 Å². The number of nitrogens with zero attached hydrogens (tertiary/aromatic N) is 3. The second-order valence-corrected chi connectivity index (χ2v) is 16.6. The maximum absolute atomic E-state index is 12.4. The zero-order valence-corrected chi connectivity index (χ0v) is 34.9. The van der Waals surface area contributed by atoms with Gasteiger partial charge in [0.15, 0.2) is 5.71 Å². The minimum atomic E-state index is -4.69. The van der Waals surface area contributed by atoms with E-state index in [1.807, 2.05) is 57.5 Å². The van der Waals surface area contributed by atoms with E-state index >= 15 is 0 Å². The van der Waals surface area contributed by atoms with Crippen LogP contribution in [0.1, 0.15) is 64.5 Å². The first kappa shape index (κ1) is 41.9. The first-order valence-electron chi connectivity index (χ1n) is 16.5. The van der Waals surface area contributed by atoms with E-state index in [0.717, 1.165) is 27.7 Å². The summed E-state index contributed by atoms with van der Waals surface area (Å²) in [5.74, 6) is -0.980. The molecule has 52 heavy (non-hydrogen) atoms. The van der Waals surface area contributed by atoms with Crippen LogP contribution in [0.4, 0.5) is 11.4 Å². The van der Waals surface area contributed by atoms with Crippen molar-refractivity contribution >= 4 is 55.0 Å². The second-order valence-electron chi connectivity index (χ2n) is 13.8. The zero-order chi connectivity index (χ0) is 37.5. The standard InChI is InChI=1S/C36H42N4O9S2.K/c1-35(2)26-22-24(50(44,45)46)13-15-28(26)38(5)30(35)10-9-11-31-36(3,4)27-23-25(51(47,48)49)14-16-29(27)39(31)20-8-6-7-12-32(41)37-19-21-40-33(42)17-18-34(40)43;/h9-11,13-18,22-23H,6-8,12,19-21H2,1-5H3,(H2-,37,41,44,45,46,47,48,49);/q;+1/p-1. The van der Waals surface area contributed by atoms with Crippen molar-refractivity contribution in [1.82, 2.24) is 10.2 Å². The molecule has 3 aliphatic heterocycles. The Hall–Kier alpha value is -2.80. The largest absolute Gasteiger partial charge is 1.00 e. The van der Waals surface area contributed by atoms with Gasteiger partial charge in [-0.2, -0.15) is 4.58 Å². The van der Waals surface area contributed by atoms with Crippen LogP contribution in [0, 0.1) is 0 Å². The molecule has 2 aromatic rings. The molecule has 0 radical (unpaired) electrons. The van der Waals surface area contributed by atoms with Crippen LogP contribution < -0.4 is 61.6 Å². The molecule has 0 saturated heterocycles. The maximum Gasteiger partial charge on any atom is 1.00 e. The van der Waals surface area contributed by atoms with Crippen LogP contribution in [-0.2, 0) is 45.4 Å². The van der Waals surface area contributed by atoms with Gasteiger partial charge in [0.05, 0.1) is 15.2 Å². The smallest absolute Gasteiger partial charge is 0.744 e. The number of nitrogens with one attached hydrogen (secondary N) is 1. The summed E-state index contributed by atoms with van der Waals surface area (Å²) in [6.45, 7) is 8.62. The number of unbranched alkanes of at least 4 members (excludes halogenated alkanes) is 2. The van der Waals surface area contributed by atoms with Crippen molar-refractivity contribution in [2.75, 3.05) is 31.6 Å². The van der Waals surface area contributed by atoms with Crippen LogP contribution >= 0.6 is 0 Å². The topological polar surface area (TPSA) is 187 Å². The number of hydrogen-bond acceptors (Lipinski definition) is 10. The van der Waals surface area contributed by atoms with Crippen molar-refractivity contribution in [1.29, 1.82) is 0 Å². The van der Waals surface area contributed by atoms with Gasteiger partial charge in [0.2, 0.25) is 11.6 Å². The van der Waals surface area contributed by atoms with Crippen LogP contribution in [-0.4, -0.2) is 85.5 Å². The Kier molecular flexibility index (Phi) is 12.8. The third-order valence-electron chi connectivity index (χ3n) is 9.80. The number of carbonyl (C=O) groups is 3. The van der Waals surface area contributed by atoms with E-state index in [0.29, 0.717) is 36.9 Å². The Bertz CT molecular complexity index is 2140. The molecule has 0 spiro atoms. The molecule has 16 heteroatoms. The van der Waals surface area contributed by atoms with Crippen molar-refractivity contribution in [3.63, 3.8) is 0 Å². The van der Waals surface area contributed by atoms with E-state index < -0.39 is 42.9 Å². The predicted molar refractivity (Wildman–Crippen MR) is 188 cm³/mol. The molecule has 0 bridgehead atoms. The summed E-state index contributed by atoms with van der Waals surface area (Å²) in [4.78, 5) is 38.3. The molecule has 0 aliphatic carbocycles. The van der Waals surface area contributed by atoms with E-state index in [4.69, 9.17) is 0 Å². The molecule has 2 aromatic carbocycles. The predicted octanol–water partition coefficient (Wildman–Crippen LogP) is 0.344. The number of carbonyl (C=O) groups excluding carboxylic acids is 3. The Balaban J connectivity index is 0.00000605. The number of amides is 3. The number of rotatable bonds is 13. The molecule has 3 aliphatic rings. The van der Waals surface area contributed by atoms with Gasteiger partial charge in [-0.05, 0) is 68.7 Å². The van der Waals surface area contributed by atoms with Gasteiger partial charge in [-0.1, -0.05) is 26.3 Å². The molecule has 1 N–H and O–H groups in total. The molecule has 272 valence electrons. The first-order chi connectivity index (χ1) is 23.7. The molecule has 5 rings (SSSR count). The maximum atomic E-state index is 12.4. The molecule has 0 aromatic heterocycles. The number of fused-ring (bicyclic) bond motifs is 2. The van der Waals surface area contributed by atoms with E-state index in [1.165, 1.54) is 36.4 Å². The minimum absolute atomic E-state index is 0. The summed E-state index contributed by atoms with van der Waals surface area (Å²) in [5, 5.41) is 2.74. The normalized spacial score (nSPS) is 18.4. The molecule has 0 unspecified atom stereocenters. The van der Waals surface area contributed by atoms with Crippen molar-refractivity contribution in [3.8, 4) is 0 Å². The van der Waals surface area contributed by atoms with Gasteiger partial charge in [0.25, 0.3) is 11.8 Å². The van der Waals surface area contributed by atoms with E-state index in [9.17, 15) is 40.3 Å². The average Bonchev–Trinajstić information content (AvgIpc) is 3.55. The van der Waals surface area contributed by atoms with Crippen molar-refractivity contribution in [3.05, 3.63) is 83.6 Å². The molecule has 0 atom stereocenters. The van der Waals surface area contributed by atoms with Crippen LogP contribution in [0.15, 0.2) is 82.3 Å². The van der Waals surface area contributed by atoms with Crippen LogP contribution in [0.25, 0.3) is 0 Å². The minimum Gasteiger partial charge on any atom is -0.744 e. The first-order valence-corrected chi connectivity index (χ1v) is 19.3. The molecule has 0 saturated carbocycles. The monoisotopic (exact) mass is 776 g/mol. The summed E-state index contributed by atoms with van der Waals surface area (Å²) in [6.07, 6.45) is 10.4. The van der Waals surface area contributed by atoms with Crippen LogP contribution in [0.3, 0.4) is 0 Å². The SMILES string of the molecule is C[N+]1=C(/C=C/C=C2/N(CCCCCC(=O)NCCN3C(=O)C=CC3=O)c3ccc(S(=O)(=O)[O-])cc3C2(C)C)C(C)(C)c2cc(S(=O)(=O)[O-])ccc21.[K+]. The Morgan fingerprint density at radius 3 is 2.04 bits per heavy atom. The van der Waals surface area contributed by atoms with Gasteiger partial charge >= 0.3 is 51.4 Å². The Labute approximate surface area is 347 Å². The number of hydrogen-bond donors (Lipinski definition) is 1. The van der Waals surface area contributed by atoms with Crippen LogP contribution in [0.2, 0.25) is 0 Å². The summed E-state index contributed by atoms with van der Waals surface area (Å²) >= 11 is 0. The van der Waals surface area contributed by atoms with E-state index in [1.54, 1.807) is 12.1 Å². The van der Waals surface area contributed by atoms with Crippen LogP contribution in [0.5, 0.6) is 0 Å². The summed E-state index contributed by atoms with van der Waals surface area (Å²) in [7, 11) is -7.46. The van der Waals surface area contributed by atoms with Gasteiger partial charge in [-0.15, -0.1) is 0 Å². The fraction of sp³-hybridized carbons (Fsp3) is 0.389. The molecular weight excluding hydrogens is 736 g/mol. The molecule has 3 amide bonds. The molecule has 0 fully saturated rings. The van der Waals surface area contributed by atoms with Gasteiger partial charge < -0.3 is 19.3 Å². The number of allylic oxidation sites excluding steroid dienone is 4. The van der Waals surface area contributed by atoms with Gasteiger partial charge in [0, 0.05) is 72.7 Å². The fourth-order valence-electron chi connectivity index (χ4n) is 7.03. The van der Waals surface area contributed by atoms with Gasteiger partial charge in [0.1, 0.15) is 27.3 Å². The van der Waals surface area contributed by atoms with Gasteiger partial charge in [-0.3, -0.25) is 19.3 Å². The fourth-order valence-corrected chi connectivity index (χ4v) is 8.03. The molecular formula is C36H41KN4O9S2. The summed E-state index contributed by atoms with van der Waals surface area (Å²) in [5.41, 5.74) is 3.37. The summed E-state index contributed by atoms with van der Waals surface area (Å²) in [6, 6.07) is 8.74. The van der Waals surface area contributed by atoms with Crippen molar-refractivity contribution in [2.24, 2.45) is 0 Å². The number of imide groups is 1. The Morgan fingerprint density at radius 1 is 0.827 bits per heavy atom. The van der Waals surface area contributed by atoms with Gasteiger partial charge in [-0.25, -0.2) is 16.8 Å². The third kappa shape index (κ3) is 8.60. The number of benzene rings is 2. The third-order valence-corrected chi connectivity index (χ3v) is 11.5.